The van der Waals surface area contributed by atoms with Crippen LogP contribution in [0.3, 0.4) is 0 Å². The number of hydrogen-bond acceptors (Lipinski definition) is 4. The third-order valence-electron chi connectivity index (χ3n) is 2.29. The van der Waals surface area contributed by atoms with Crippen LogP contribution < -0.4 is 9.79 Å². The van der Waals surface area contributed by atoms with Crippen molar-refractivity contribution in [3.63, 3.8) is 0 Å². The van der Waals surface area contributed by atoms with E-state index in [4.69, 9.17) is 5.21 Å². The average molecular weight is 312 g/mol. The summed E-state index contributed by atoms with van der Waals surface area (Å²) >= 11 is 0. The molecule has 0 aliphatic carbocycles. The van der Waals surface area contributed by atoms with Gasteiger partial charge in [0.15, 0.2) is 0 Å². The molecule has 10 heteroatoms. The second-order valence-corrected chi connectivity index (χ2v) is 5.76. The summed E-state index contributed by atoms with van der Waals surface area (Å²) in [6.07, 6.45) is -3.76. The minimum atomic E-state index is -4.54. The number of rotatable bonds is 4. The number of sulfonamides is 1. The molecule has 0 heterocycles. The van der Waals surface area contributed by atoms with Crippen LogP contribution in [0.15, 0.2) is 24.3 Å². The lowest BCUT2D eigenvalue weighted by Crippen LogP contribution is -2.39. The van der Waals surface area contributed by atoms with E-state index in [1.54, 1.807) is 0 Å². The summed E-state index contributed by atoms with van der Waals surface area (Å²) in [5.41, 5.74) is 0.183. The lowest BCUT2D eigenvalue weighted by Gasteiger charge is -2.21. The summed E-state index contributed by atoms with van der Waals surface area (Å²) in [5, 5.41) is 8.38. The molecule has 2 N–H and O–H groups in total. The molecule has 20 heavy (non-hydrogen) atoms. The van der Waals surface area contributed by atoms with Crippen molar-refractivity contribution in [3.8, 4) is 0 Å². The molecule has 0 saturated heterocycles. The van der Waals surface area contributed by atoms with E-state index in [-0.39, 0.29) is 5.69 Å². The van der Waals surface area contributed by atoms with Crippen molar-refractivity contribution in [1.82, 2.24) is 5.48 Å². The molecule has 112 valence electrons. The first-order valence-electron chi connectivity index (χ1n) is 5.13. The summed E-state index contributed by atoms with van der Waals surface area (Å²) in [6.45, 7) is -0.749. The molecule has 6 nitrogen and oxygen atoms in total. The fourth-order valence-electron chi connectivity index (χ4n) is 1.38. The molecule has 0 unspecified atom stereocenters. The van der Waals surface area contributed by atoms with E-state index < -0.39 is 34.2 Å². The largest absolute Gasteiger partial charge is 0.416 e. The minimum absolute atomic E-state index is 0.121. The highest BCUT2D eigenvalue weighted by atomic mass is 32.2. The zero-order chi connectivity index (χ0) is 15.6. The Balaban J connectivity index is 3.13. The smallest absolute Gasteiger partial charge is 0.289 e. The molecule has 0 aliphatic rings. The van der Waals surface area contributed by atoms with Crippen LogP contribution in [0.2, 0.25) is 0 Å². The molecule has 1 aromatic rings. The van der Waals surface area contributed by atoms with Crippen molar-refractivity contribution in [3.05, 3.63) is 29.8 Å². The summed E-state index contributed by atoms with van der Waals surface area (Å²) in [4.78, 5) is 11.0. The second kappa shape index (κ2) is 5.67. The number of carbonyl (C=O) groups is 1. The molecule has 0 aromatic heterocycles. The fraction of sp³-hybridized carbons (Fsp3) is 0.300. The second-order valence-electron chi connectivity index (χ2n) is 3.85. The van der Waals surface area contributed by atoms with Gasteiger partial charge in [-0.3, -0.25) is 14.3 Å². The van der Waals surface area contributed by atoms with Gasteiger partial charge in [0, 0.05) is 0 Å². The van der Waals surface area contributed by atoms with Crippen molar-refractivity contribution in [2.75, 3.05) is 17.1 Å². The molecule has 1 rings (SSSR count). The predicted octanol–water partition coefficient (Wildman–Crippen LogP) is 0.977. The lowest BCUT2D eigenvalue weighted by molar-refractivity contribution is -0.137. The highest BCUT2D eigenvalue weighted by Crippen LogP contribution is 2.30. The van der Waals surface area contributed by atoms with E-state index in [0.29, 0.717) is 16.4 Å². The van der Waals surface area contributed by atoms with Crippen LogP contribution in [-0.2, 0) is 21.0 Å². The molecule has 0 radical (unpaired) electrons. The Hall–Kier alpha value is -1.81. The fourth-order valence-corrected chi connectivity index (χ4v) is 2.24. The maximum atomic E-state index is 12.4. The van der Waals surface area contributed by atoms with E-state index in [2.05, 4.69) is 0 Å². The number of hydrogen-bond donors (Lipinski definition) is 2. The van der Waals surface area contributed by atoms with Crippen molar-refractivity contribution in [2.24, 2.45) is 0 Å². The molecule has 0 saturated carbocycles. The zero-order valence-corrected chi connectivity index (χ0v) is 11.0. The Kier molecular flexibility index (Phi) is 4.61. The highest BCUT2D eigenvalue weighted by molar-refractivity contribution is 7.92. The molecule has 0 bridgehead atoms. The number of carbonyl (C=O) groups excluding carboxylic acids is 1. The molecule has 0 spiro atoms. The first kappa shape index (κ1) is 16.2. The van der Waals surface area contributed by atoms with Gasteiger partial charge in [0.25, 0.3) is 5.91 Å². The van der Waals surface area contributed by atoms with Crippen molar-refractivity contribution in [2.45, 2.75) is 6.18 Å². The number of halogens is 3. The third-order valence-corrected chi connectivity index (χ3v) is 3.44. The van der Waals surface area contributed by atoms with Gasteiger partial charge in [0.05, 0.1) is 17.5 Å². The monoisotopic (exact) mass is 312 g/mol. The van der Waals surface area contributed by atoms with Crippen LogP contribution in [0.4, 0.5) is 18.9 Å². The van der Waals surface area contributed by atoms with Crippen LogP contribution in [0.5, 0.6) is 0 Å². The minimum Gasteiger partial charge on any atom is -0.289 e. The maximum absolute atomic E-state index is 12.4. The Bertz CT molecular complexity index is 584. The van der Waals surface area contributed by atoms with E-state index in [9.17, 15) is 26.4 Å². The van der Waals surface area contributed by atoms with Crippen LogP contribution >= 0.6 is 0 Å². The predicted molar refractivity (Wildman–Crippen MR) is 63.6 cm³/mol. The summed E-state index contributed by atoms with van der Waals surface area (Å²) in [5.74, 6) is -1.02. The van der Waals surface area contributed by atoms with Crippen LogP contribution in [0.25, 0.3) is 0 Å². The van der Waals surface area contributed by atoms with E-state index in [0.717, 1.165) is 18.4 Å². The summed E-state index contributed by atoms with van der Waals surface area (Å²) in [6, 6.07) is 3.25. The zero-order valence-electron chi connectivity index (χ0n) is 10.2. The SMILES string of the molecule is CS(=O)(=O)N(CC(=O)NO)c1ccc(C(F)(F)F)cc1. The van der Waals surface area contributed by atoms with Crippen LogP contribution in [0, 0.1) is 0 Å². The van der Waals surface area contributed by atoms with Crippen LogP contribution in [-0.4, -0.2) is 32.3 Å². The Morgan fingerprint density at radius 1 is 1.30 bits per heavy atom. The summed E-state index contributed by atoms with van der Waals surface area (Å²) < 4.78 is 60.8. The average Bonchev–Trinajstić information content (AvgIpc) is 2.33. The van der Waals surface area contributed by atoms with E-state index in [1.807, 2.05) is 0 Å². The van der Waals surface area contributed by atoms with Gasteiger partial charge in [0.1, 0.15) is 6.54 Å². The number of anilines is 1. The number of nitrogens with one attached hydrogen (secondary N) is 1. The van der Waals surface area contributed by atoms with Gasteiger partial charge >= 0.3 is 6.18 Å². The normalized spacial score (nSPS) is 12.1. The number of amides is 1. The van der Waals surface area contributed by atoms with Crippen molar-refractivity contribution < 1.29 is 31.6 Å². The van der Waals surface area contributed by atoms with Gasteiger partial charge in [-0.25, -0.2) is 13.9 Å². The van der Waals surface area contributed by atoms with Gasteiger partial charge in [-0.2, -0.15) is 13.2 Å². The number of hydroxylamine groups is 1. The molecule has 0 aliphatic heterocycles. The Morgan fingerprint density at radius 3 is 2.15 bits per heavy atom. The molecule has 0 atom stereocenters. The molecular weight excluding hydrogens is 301 g/mol. The molecule has 1 aromatic carbocycles. The first-order valence-corrected chi connectivity index (χ1v) is 6.98. The lowest BCUT2D eigenvalue weighted by atomic mass is 10.2. The van der Waals surface area contributed by atoms with Gasteiger partial charge < -0.3 is 0 Å². The molecule has 1 amide bonds. The van der Waals surface area contributed by atoms with Crippen LogP contribution in [0.1, 0.15) is 5.56 Å². The Labute approximate surface area is 112 Å². The van der Waals surface area contributed by atoms with Crippen molar-refractivity contribution >= 4 is 21.6 Å². The number of benzene rings is 1. The quantitative estimate of drug-likeness (QED) is 0.641. The summed E-state index contributed by atoms with van der Waals surface area (Å²) in [7, 11) is -3.89. The van der Waals surface area contributed by atoms with E-state index in [1.165, 1.54) is 5.48 Å². The topological polar surface area (TPSA) is 86.7 Å². The Morgan fingerprint density at radius 2 is 1.80 bits per heavy atom. The number of nitrogens with zero attached hydrogens (tertiary/aromatic N) is 1. The van der Waals surface area contributed by atoms with Crippen molar-refractivity contribution in [1.29, 1.82) is 0 Å². The highest BCUT2D eigenvalue weighted by Gasteiger charge is 2.30. The first-order chi connectivity index (χ1) is 9.05. The molecular formula is C10H11F3N2O4S. The van der Waals surface area contributed by atoms with E-state index >= 15 is 0 Å². The number of alkyl halides is 3. The maximum Gasteiger partial charge on any atom is 0.416 e. The molecule has 0 fully saturated rings. The van der Waals surface area contributed by atoms with Gasteiger partial charge in [-0.1, -0.05) is 0 Å². The standard InChI is InChI=1S/C10H11F3N2O4S/c1-20(18,19)15(6-9(16)14-17)8-4-2-7(3-5-8)10(11,12)13/h2-5,17H,6H2,1H3,(H,14,16). The van der Waals surface area contributed by atoms with Gasteiger partial charge in [0.2, 0.25) is 10.0 Å². The third kappa shape index (κ3) is 4.10. The van der Waals surface area contributed by atoms with Gasteiger partial charge in [-0.05, 0) is 24.3 Å². The van der Waals surface area contributed by atoms with Gasteiger partial charge in [-0.15, -0.1) is 0 Å².